The minimum atomic E-state index is -0.618. The Morgan fingerprint density at radius 3 is 2.92 bits per heavy atom. The average Bonchev–Trinajstić information content (AvgIpc) is 2.58. The first-order chi connectivity index (χ1) is 11.5. The number of hydrogen-bond acceptors (Lipinski definition) is 4. The fourth-order valence-corrected chi connectivity index (χ4v) is 2.69. The molecule has 1 aromatic carbocycles. The van der Waals surface area contributed by atoms with Gasteiger partial charge in [0.2, 0.25) is 0 Å². The largest absolute Gasteiger partial charge is 0.341 e. The molecule has 0 saturated carbocycles. The molecule has 1 aliphatic heterocycles. The van der Waals surface area contributed by atoms with Crippen LogP contribution < -0.4 is 11.1 Å². The molecule has 2 rings (SSSR count). The zero-order valence-electron chi connectivity index (χ0n) is 13.5. The smallest absolute Gasteiger partial charge is 0.328 e. The third kappa shape index (κ3) is 4.00. The van der Waals surface area contributed by atoms with Crippen LogP contribution in [-0.2, 0) is 6.54 Å². The first kappa shape index (κ1) is 17.7. The van der Waals surface area contributed by atoms with E-state index < -0.39 is 17.9 Å². The van der Waals surface area contributed by atoms with Crippen molar-refractivity contribution in [3.8, 4) is 6.07 Å². The zero-order valence-corrected chi connectivity index (χ0v) is 13.5. The highest BCUT2D eigenvalue weighted by Crippen LogP contribution is 2.17. The van der Waals surface area contributed by atoms with Crippen molar-refractivity contribution < 1.29 is 14.0 Å². The predicted molar refractivity (Wildman–Crippen MR) is 85.3 cm³/mol. The van der Waals surface area contributed by atoms with Crippen LogP contribution in [-0.4, -0.2) is 48.0 Å². The summed E-state index contributed by atoms with van der Waals surface area (Å²) < 4.78 is 13.5. The number of nitrogens with zero attached hydrogens (tertiary/aromatic N) is 3. The summed E-state index contributed by atoms with van der Waals surface area (Å²) in [6.07, 6.45) is 1.59. The Kier molecular flexibility index (Phi) is 5.71. The fourth-order valence-electron chi connectivity index (χ4n) is 2.69. The molecule has 8 heteroatoms. The van der Waals surface area contributed by atoms with Gasteiger partial charge in [-0.1, -0.05) is 0 Å². The minimum Gasteiger partial charge on any atom is -0.341 e. The Balaban J connectivity index is 2.26. The number of carbonyl (C=O) groups excluding carboxylic acids is 2. The second-order valence-corrected chi connectivity index (χ2v) is 5.69. The highest BCUT2D eigenvalue weighted by Gasteiger charge is 2.29. The van der Waals surface area contributed by atoms with Gasteiger partial charge in [0, 0.05) is 26.2 Å². The molecular weight excluding hydrogens is 313 g/mol. The van der Waals surface area contributed by atoms with Crippen molar-refractivity contribution in [2.75, 3.05) is 20.1 Å². The van der Waals surface area contributed by atoms with Crippen LogP contribution in [0.5, 0.6) is 0 Å². The molecule has 0 spiro atoms. The van der Waals surface area contributed by atoms with Crippen molar-refractivity contribution >= 4 is 12.1 Å². The quantitative estimate of drug-likeness (QED) is 0.853. The molecule has 4 amide bonds. The monoisotopic (exact) mass is 333 g/mol. The number of amides is 4. The highest BCUT2D eigenvalue weighted by atomic mass is 19.1. The van der Waals surface area contributed by atoms with Gasteiger partial charge in [-0.3, -0.25) is 0 Å². The van der Waals surface area contributed by atoms with Gasteiger partial charge >= 0.3 is 12.1 Å². The van der Waals surface area contributed by atoms with E-state index in [9.17, 15) is 14.0 Å². The Morgan fingerprint density at radius 2 is 2.29 bits per heavy atom. The molecule has 24 heavy (non-hydrogen) atoms. The van der Waals surface area contributed by atoms with Crippen LogP contribution in [0.3, 0.4) is 0 Å². The van der Waals surface area contributed by atoms with Gasteiger partial charge in [0.15, 0.2) is 0 Å². The van der Waals surface area contributed by atoms with E-state index in [4.69, 9.17) is 11.0 Å². The maximum Gasteiger partial charge on any atom is 0.328 e. The Bertz CT molecular complexity index is 673. The Labute approximate surface area is 139 Å². The number of piperidine rings is 1. The summed E-state index contributed by atoms with van der Waals surface area (Å²) in [5.41, 5.74) is 6.37. The van der Waals surface area contributed by atoms with Crippen LogP contribution in [0.15, 0.2) is 18.2 Å². The number of hydrogen-bond donors (Lipinski definition) is 2. The lowest BCUT2D eigenvalue weighted by molar-refractivity contribution is 0.140. The minimum absolute atomic E-state index is 0.127. The zero-order chi connectivity index (χ0) is 17.7. The second kappa shape index (κ2) is 7.75. The van der Waals surface area contributed by atoms with Gasteiger partial charge < -0.3 is 16.0 Å². The molecule has 1 heterocycles. The molecule has 1 atom stereocenters. The topological polar surface area (TPSA) is 102 Å². The van der Waals surface area contributed by atoms with Gasteiger partial charge in [-0.05, 0) is 36.6 Å². The molecule has 0 radical (unpaired) electrons. The number of rotatable bonds is 2. The van der Waals surface area contributed by atoms with Crippen LogP contribution in [0.2, 0.25) is 0 Å². The molecule has 128 valence electrons. The summed E-state index contributed by atoms with van der Waals surface area (Å²) in [6, 6.07) is 4.34. The maximum absolute atomic E-state index is 13.5. The number of benzene rings is 1. The Hall–Kier alpha value is -2.66. The summed E-state index contributed by atoms with van der Waals surface area (Å²) in [7, 11) is 1.40. The lowest BCUT2D eigenvalue weighted by Crippen LogP contribution is -2.53. The number of urea groups is 2. The molecule has 7 nitrogen and oxygen atoms in total. The summed E-state index contributed by atoms with van der Waals surface area (Å²) in [6.45, 7) is 0.680. The van der Waals surface area contributed by atoms with E-state index in [2.05, 4.69) is 5.32 Å². The average molecular weight is 333 g/mol. The van der Waals surface area contributed by atoms with Crippen LogP contribution in [0, 0.1) is 17.1 Å². The number of nitrogens with two attached hydrogens (primary N) is 1. The highest BCUT2D eigenvalue weighted by molar-refractivity contribution is 5.93. The van der Waals surface area contributed by atoms with Gasteiger partial charge in [-0.25, -0.2) is 18.9 Å². The van der Waals surface area contributed by atoms with Gasteiger partial charge in [0.1, 0.15) is 5.82 Å². The summed E-state index contributed by atoms with van der Waals surface area (Å²) in [5, 5.41) is 11.5. The van der Waals surface area contributed by atoms with Gasteiger partial charge in [-0.2, -0.15) is 5.26 Å². The molecule has 1 fully saturated rings. The first-order valence-corrected chi connectivity index (χ1v) is 7.68. The van der Waals surface area contributed by atoms with E-state index >= 15 is 0 Å². The van der Waals surface area contributed by atoms with E-state index in [1.54, 1.807) is 0 Å². The molecule has 1 aromatic rings. The van der Waals surface area contributed by atoms with Crippen LogP contribution in [0.1, 0.15) is 24.0 Å². The predicted octanol–water partition coefficient (Wildman–Crippen LogP) is 1.38. The van der Waals surface area contributed by atoms with Crippen molar-refractivity contribution in [3.63, 3.8) is 0 Å². The molecule has 1 saturated heterocycles. The molecule has 3 N–H and O–H groups in total. The number of imide groups is 1. The summed E-state index contributed by atoms with van der Waals surface area (Å²) in [4.78, 5) is 27.3. The first-order valence-electron chi connectivity index (χ1n) is 7.68. The molecule has 0 aromatic heterocycles. The lowest BCUT2D eigenvalue weighted by atomic mass is 10.1. The van der Waals surface area contributed by atoms with Crippen LogP contribution in [0.4, 0.5) is 14.0 Å². The van der Waals surface area contributed by atoms with Crippen molar-refractivity contribution in [1.82, 2.24) is 15.1 Å². The van der Waals surface area contributed by atoms with Crippen molar-refractivity contribution in [2.45, 2.75) is 25.4 Å². The van der Waals surface area contributed by atoms with Gasteiger partial charge in [0.05, 0.1) is 18.2 Å². The number of nitrogens with one attached hydrogen (secondary N) is 1. The normalized spacial score (nSPS) is 17.1. The number of likely N-dealkylation sites (tertiary alicyclic amines) is 1. The van der Waals surface area contributed by atoms with Crippen molar-refractivity contribution in [1.29, 1.82) is 5.26 Å². The lowest BCUT2D eigenvalue weighted by Gasteiger charge is -2.34. The van der Waals surface area contributed by atoms with E-state index in [1.165, 1.54) is 18.0 Å². The SMILES string of the molecule is CNC(=O)N(Cc1cc(F)ccc1C#N)C(=O)N1CCC[C@H](N)C1. The van der Waals surface area contributed by atoms with Gasteiger partial charge in [0.25, 0.3) is 0 Å². The number of carbonyl (C=O) groups is 2. The van der Waals surface area contributed by atoms with Crippen molar-refractivity contribution in [3.05, 3.63) is 35.1 Å². The number of halogens is 1. The molecule has 0 bridgehead atoms. The molecular formula is C16H20FN5O2. The van der Waals surface area contributed by atoms with Gasteiger partial charge in [-0.15, -0.1) is 0 Å². The van der Waals surface area contributed by atoms with E-state index in [-0.39, 0.29) is 23.7 Å². The standard InChI is InChI=1S/C16H20FN5O2/c1-20-15(23)22(16(24)21-6-2-3-14(19)10-21)9-12-7-13(17)5-4-11(12)8-18/h4-5,7,14H,2-3,6,9-10,19H2,1H3,(H,20,23)/t14-/m0/s1. The van der Waals surface area contributed by atoms with Crippen LogP contribution in [0.25, 0.3) is 0 Å². The molecule has 0 aliphatic carbocycles. The third-order valence-electron chi connectivity index (χ3n) is 3.93. The van der Waals surface area contributed by atoms with E-state index in [0.29, 0.717) is 13.1 Å². The van der Waals surface area contributed by atoms with E-state index in [1.807, 2.05) is 6.07 Å². The molecule has 1 aliphatic rings. The van der Waals surface area contributed by atoms with E-state index in [0.717, 1.165) is 29.9 Å². The third-order valence-corrected chi connectivity index (χ3v) is 3.93. The number of nitriles is 1. The van der Waals surface area contributed by atoms with Crippen LogP contribution >= 0.6 is 0 Å². The molecule has 0 unspecified atom stereocenters. The maximum atomic E-state index is 13.5. The fraction of sp³-hybridized carbons (Fsp3) is 0.438. The summed E-state index contributed by atoms with van der Waals surface area (Å²) >= 11 is 0. The second-order valence-electron chi connectivity index (χ2n) is 5.69. The van der Waals surface area contributed by atoms with Crippen molar-refractivity contribution in [2.24, 2.45) is 5.73 Å². The summed E-state index contributed by atoms with van der Waals surface area (Å²) in [5.74, 6) is -0.534. The Morgan fingerprint density at radius 1 is 1.54 bits per heavy atom.